The van der Waals surface area contributed by atoms with Crippen LogP contribution in [0, 0.1) is 12.7 Å². The number of rotatable bonds is 5. The Kier molecular flexibility index (Phi) is 5.28. The molecule has 2 aromatic carbocycles. The molecule has 0 aliphatic carbocycles. The largest absolute Gasteiger partial charge is 0.460 e. The number of ether oxygens (including phenoxy) is 1. The Labute approximate surface area is 181 Å². The van der Waals surface area contributed by atoms with Crippen LogP contribution in [0.5, 0.6) is 0 Å². The summed E-state index contributed by atoms with van der Waals surface area (Å²) in [7, 11) is -3.99. The second-order valence-electron chi connectivity index (χ2n) is 6.65. The van der Waals surface area contributed by atoms with Crippen molar-refractivity contribution in [2.75, 3.05) is 13.2 Å². The molecule has 160 valence electrons. The average Bonchev–Trinajstić information content (AvgIpc) is 3.14. The monoisotopic (exact) mass is 463 g/mol. The Balaban J connectivity index is 1.48. The molecule has 0 saturated heterocycles. The van der Waals surface area contributed by atoms with Gasteiger partial charge in [0.05, 0.1) is 23.5 Å². The Morgan fingerprint density at radius 2 is 1.84 bits per heavy atom. The first kappa shape index (κ1) is 21.0. The minimum atomic E-state index is -3.99. The molecule has 8 nitrogen and oxygen atoms in total. The number of benzene rings is 2. The van der Waals surface area contributed by atoms with Gasteiger partial charge in [0.25, 0.3) is 15.9 Å². The molecule has 1 amide bonds. The van der Waals surface area contributed by atoms with Gasteiger partial charge in [-0.05, 0) is 43.3 Å². The van der Waals surface area contributed by atoms with Crippen molar-refractivity contribution < 1.29 is 27.1 Å². The van der Waals surface area contributed by atoms with Gasteiger partial charge in [-0.15, -0.1) is 0 Å². The number of nitrogens with zero attached hydrogens (tertiary/aromatic N) is 3. The van der Waals surface area contributed by atoms with Gasteiger partial charge in [0.15, 0.2) is 0 Å². The third kappa shape index (κ3) is 3.57. The van der Waals surface area contributed by atoms with Gasteiger partial charge < -0.3 is 4.74 Å². The zero-order valence-corrected chi connectivity index (χ0v) is 17.7. The number of aromatic nitrogens is 2. The number of amides is 1. The standard InChI is InChI=1S/C20H15ClFN3O5S/c1-12-17(18(21)25(23-12)14-8-6-13(22)7-9-14)20(27)30-11-10-24-19(26)15-4-2-3-5-16(15)31(24,28)29/h2-9H,10-11H2,1H3. The van der Waals surface area contributed by atoms with Crippen molar-refractivity contribution in [3.63, 3.8) is 0 Å². The van der Waals surface area contributed by atoms with Gasteiger partial charge in [-0.25, -0.2) is 26.6 Å². The third-order valence-electron chi connectivity index (χ3n) is 4.72. The summed E-state index contributed by atoms with van der Waals surface area (Å²) in [5.41, 5.74) is 0.787. The van der Waals surface area contributed by atoms with Crippen molar-refractivity contribution in [1.82, 2.24) is 14.1 Å². The average molecular weight is 464 g/mol. The first-order chi connectivity index (χ1) is 14.7. The molecule has 3 aromatic rings. The molecule has 31 heavy (non-hydrogen) atoms. The number of hydrogen-bond acceptors (Lipinski definition) is 6. The zero-order valence-electron chi connectivity index (χ0n) is 16.1. The van der Waals surface area contributed by atoms with Gasteiger partial charge >= 0.3 is 5.97 Å². The quantitative estimate of drug-likeness (QED) is 0.539. The van der Waals surface area contributed by atoms with E-state index in [9.17, 15) is 22.4 Å². The van der Waals surface area contributed by atoms with Gasteiger partial charge in [-0.3, -0.25) is 4.79 Å². The predicted octanol–water partition coefficient (Wildman–Crippen LogP) is 2.97. The van der Waals surface area contributed by atoms with Gasteiger partial charge in [-0.2, -0.15) is 5.10 Å². The van der Waals surface area contributed by atoms with Crippen LogP contribution in [-0.2, 0) is 14.8 Å². The summed E-state index contributed by atoms with van der Waals surface area (Å²) in [5.74, 6) is -1.93. The molecule has 0 N–H and O–H groups in total. The second kappa shape index (κ2) is 7.78. The molecule has 0 radical (unpaired) electrons. The van der Waals surface area contributed by atoms with Crippen LogP contribution in [0.15, 0.2) is 53.4 Å². The maximum absolute atomic E-state index is 13.1. The van der Waals surface area contributed by atoms with Crippen LogP contribution >= 0.6 is 11.6 Å². The number of hydrogen-bond donors (Lipinski definition) is 0. The highest BCUT2D eigenvalue weighted by atomic mass is 35.5. The SMILES string of the molecule is Cc1nn(-c2ccc(F)cc2)c(Cl)c1C(=O)OCCN1C(=O)c2ccccc2S1(=O)=O. The molecule has 0 saturated carbocycles. The van der Waals surface area contributed by atoms with E-state index in [2.05, 4.69) is 5.10 Å². The van der Waals surface area contributed by atoms with Crippen molar-refractivity contribution in [2.45, 2.75) is 11.8 Å². The number of carbonyl (C=O) groups excluding carboxylic acids is 2. The maximum atomic E-state index is 13.1. The number of sulfonamides is 1. The van der Waals surface area contributed by atoms with Crippen molar-refractivity contribution >= 4 is 33.5 Å². The van der Waals surface area contributed by atoms with Crippen LogP contribution in [0.25, 0.3) is 5.69 Å². The lowest BCUT2D eigenvalue weighted by Crippen LogP contribution is -2.33. The molecule has 0 unspecified atom stereocenters. The Morgan fingerprint density at radius 1 is 1.16 bits per heavy atom. The molecule has 0 fully saturated rings. The van der Waals surface area contributed by atoms with Crippen LogP contribution in [0.1, 0.15) is 26.4 Å². The number of halogens is 2. The molecule has 4 rings (SSSR count). The fourth-order valence-electron chi connectivity index (χ4n) is 3.23. The molecule has 2 heterocycles. The molecule has 0 atom stereocenters. The molecule has 0 bridgehead atoms. The van der Waals surface area contributed by atoms with E-state index in [1.165, 1.54) is 47.1 Å². The molecular weight excluding hydrogens is 449 g/mol. The van der Waals surface area contributed by atoms with Crippen molar-refractivity contribution in [3.8, 4) is 5.69 Å². The lowest BCUT2D eigenvalue weighted by Gasteiger charge is -2.15. The summed E-state index contributed by atoms with van der Waals surface area (Å²) < 4.78 is 45.3. The molecular formula is C20H15ClFN3O5S. The minimum Gasteiger partial charge on any atom is -0.460 e. The summed E-state index contributed by atoms with van der Waals surface area (Å²) in [5, 5.41) is 4.14. The van der Waals surface area contributed by atoms with Crippen molar-refractivity contribution in [3.05, 3.63) is 76.3 Å². The summed E-state index contributed by atoms with van der Waals surface area (Å²) in [4.78, 5) is 24.9. The third-order valence-corrected chi connectivity index (χ3v) is 6.91. The first-order valence-corrected chi connectivity index (χ1v) is 10.9. The molecule has 0 spiro atoms. The van der Waals surface area contributed by atoms with E-state index in [0.717, 1.165) is 0 Å². The van der Waals surface area contributed by atoms with Crippen LogP contribution in [0.3, 0.4) is 0 Å². The Morgan fingerprint density at radius 3 is 2.52 bits per heavy atom. The Hall–Kier alpha value is -3.24. The highest BCUT2D eigenvalue weighted by Gasteiger charge is 2.40. The lowest BCUT2D eigenvalue weighted by molar-refractivity contribution is 0.0477. The highest BCUT2D eigenvalue weighted by molar-refractivity contribution is 7.90. The molecule has 1 aliphatic rings. The lowest BCUT2D eigenvalue weighted by atomic mass is 10.2. The summed E-state index contributed by atoms with van der Waals surface area (Å²) in [6.07, 6.45) is 0. The van der Waals surface area contributed by atoms with Gasteiger partial charge in [0.1, 0.15) is 28.0 Å². The van der Waals surface area contributed by atoms with E-state index < -0.39 is 27.7 Å². The normalized spacial score (nSPS) is 14.5. The van der Waals surface area contributed by atoms with Crippen LogP contribution in [-0.4, -0.2) is 47.5 Å². The van der Waals surface area contributed by atoms with Crippen molar-refractivity contribution in [2.24, 2.45) is 0 Å². The van der Waals surface area contributed by atoms with Gasteiger partial charge in [0, 0.05) is 0 Å². The summed E-state index contributed by atoms with van der Waals surface area (Å²) in [6, 6.07) is 11.2. The summed E-state index contributed by atoms with van der Waals surface area (Å²) in [6.45, 7) is 0.841. The van der Waals surface area contributed by atoms with Gasteiger partial charge in [0.2, 0.25) is 0 Å². The minimum absolute atomic E-state index is 0.00937. The molecule has 1 aliphatic heterocycles. The van der Waals surface area contributed by atoms with Gasteiger partial charge in [-0.1, -0.05) is 23.7 Å². The van der Waals surface area contributed by atoms with E-state index in [0.29, 0.717) is 9.99 Å². The summed E-state index contributed by atoms with van der Waals surface area (Å²) >= 11 is 6.28. The number of esters is 1. The van der Waals surface area contributed by atoms with E-state index in [-0.39, 0.29) is 40.0 Å². The fourth-order valence-corrected chi connectivity index (χ4v) is 5.13. The van der Waals surface area contributed by atoms with E-state index in [1.807, 2.05) is 0 Å². The second-order valence-corrected chi connectivity index (χ2v) is 8.84. The smallest absolute Gasteiger partial charge is 0.343 e. The maximum Gasteiger partial charge on any atom is 0.343 e. The fraction of sp³-hybridized carbons (Fsp3) is 0.150. The zero-order chi connectivity index (χ0) is 22.3. The van der Waals surface area contributed by atoms with E-state index in [1.54, 1.807) is 13.0 Å². The highest BCUT2D eigenvalue weighted by Crippen LogP contribution is 2.30. The van der Waals surface area contributed by atoms with Crippen LogP contribution in [0.2, 0.25) is 5.15 Å². The van der Waals surface area contributed by atoms with E-state index in [4.69, 9.17) is 16.3 Å². The molecule has 11 heteroatoms. The first-order valence-electron chi connectivity index (χ1n) is 9.06. The number of fused-ring (bicyclic) bond motifs is 1. The number of carbonyl (C=O) groups is 2. The molecule has 1 aromatic heterocycles. The predicted molar refractivity (Wildman–Crippen MR) is 108 cm³/mol. The van der Waals surface area contributed by atoms with Crippen molar-refractivity contribution in [1.29, 1.82) is 0 Å². The van der Waals surface area contributed by atoms with Crippen LogP contribution < -0.4 is 0 Å². The Bertz CT molecular complexity index is 1300. The topological polar surface area (TPSA) is 98.6 Å². The number of aryl methyl sites for hydroxylation is 1. The van der Waals surface area contributed by atoms with Crippen LogP contribution in [0.4, 0.5) is 4.39 Å². The van der Waals surface area contributed by atoms with E-state index >= 15 is 0 Å².